The van der Waals surface area contributed by atoms with Crippen LogP contribution in [-0.4, -0.2) is 36.0 Å². The van der Waals surface area contributed by atoms with E-state index in [0.29, 0.717) is 18.6 Å². The summed E-state index contributed by atoms with van der Waals surface area (Å²) < 4.78 is 4.92. The summed E-state index contributed by atoms with van der Waals surface area (Å²) in [5, 5.41) is 18.1. The maximum atomic E-state index is 11.5. The van der Waals surface area contributed by atoms with Gasteiger partial charge in [0.2, 0.25) is 0 Å². The molecule has 1 unspecified atom stereocenters. The minimum Gasteiger partial charge on any atom is -0.465 e. The Labute approximate surface area is 90.6 Å². The third-order valence-corrected chi connectivity index (χ3v) is 2.01. The number of allylic oxidation sites excluding steroid dienone is 1. The number of ether oxygens (including phenoxy) is 1. The summed E-state index contributed by atoms with van der Waals surface area (Å²) in [6.45, 7) is 3.60. The van der Waals surface area contributed by atoms with E-state index >= 15 is 0 Å². The average Bonchev–Trinajstić information content (AvgIpc) is 2.26. The number of carbonyl (C=O) groups excluding carboxylic acids is 1. The number of hydrogen-bond acceptors (Lipinski definition) is 4. The van der Waals surface area contributed by atoms with Crippen molar-refractivity contribution < 1.29 is 19.7 Å². The maximum Gasteiger partial charge on any atom is 0.315 e. The van der Waals surface area contributed by atoms with Gasteiger partial charge < -0.3 is 14.9 Å². The van der Waals surface area contributed by atoms with E-state index in [1.165, 1.54) is 0 Å². The van der Waals surface area contributed by atoms with E-state index < -0.39 is 11.9 Å². The van der Waals surface area contributed by atoms with Gasteiger partial charge in [0.15, 0.2) is 0 Å². The second kappa shape index (κ2) is 8.44. The fraction of sp³-hybridized carbons (Fsp3) is 0.727. The van der Waals surface area contributed by atoms with Crippen molar-refractivity contribution in [2.45, 2.75) is 26.7 Å². The van der Waals surface area contributed by atoms with Crippen LogP contribution in [0.3, 0.4) is 0 Å². The molecule has 4 nitrogen and oxygen atoms in total. The first kappa shape index (κ1) is 14.1. The van der Waals surface area contributed by atoms with Gasteiger partial charge >= 0.3 is 5.97 Å². The van der Waals surface area contributed by atoms with E-state index in [9.17, 15) is 4.79 Å². The first-order valence-electron chi connectivity index (χ1n) is 5.28. The fourth-order valence-corrected chi connectivity index (χ4v) is 1.23. The van der Waals surface area contributed by atoms with Crippen LogP contribution >= 0.6 is 0 Å². The van der Waals surface area contributed by atoms with Crippen molar-refractivity contribution in [3.8, 4) is 0 Å². The monoisotopic (exact) mass is 216 g/mol. The molecule has 0 aromatic carbocycles. The van der Waals surface area contributed by atoms with Crippen LogP contribution < -0.4 is 0 Å². The first-order valence-corrected chi connectivity index (χ1v) is 5.28. The SMILES string of the molecule is CCC=C(CO)C(CO)C(=O)OCCC. The molecule has 88 valence electrons. The Hall–Kier alpha value is -0.870. The van der Waals surface area contributed by atoms with Gasteiger partial charge in [0.1, 0.15) is 5.92 Å². The molecule has 15 heavy (non-hydrogen) atoms. The molecule has 0 bridgehead atoms. The van der Waals surface area contributed by atoms with E-state index in [-0.39, 0.29) is 13.2 Å². The molecule has 2 N–H and O–H groups in total. The molecule has 4 heteroatoms. The summed E-state index contributed by atoms with van der Waals surface area (Å²) in [5.41, 5.74) is 0.529. The Morgan fingerprint density at radius 3 is 2.47 bits per heavy atom. The molecular weight excluding hydrogens is 196 g/mol. The summed E-state index contributed by atoms with van der Waals surface area (Å²) in [5.74, 6) is -1.19. The molecule has 0 aliphatic heterocycles. The molecule has 0 aliphatic carbocycles. The first-order chi connectivity index (χ1) is 7.21. The third kappa shape index (κ3) is 4.95. The molecule has 0 heterocycles. The van der Waals surface area contributed by atoms with Crippen molar-refractivity contribution in [3.05, 3.63) is 11.6 Å². The lowest BCUT2D eigenvalue weighted by atomic mass is 10.00. The summed E-state index contributed by atoms with van der Waals surface area (Å²) in [4.78, 5) is 11.5. The highest BCUT2D eigenvalue weighted by atomic mass is 16.5. The van der Waals surface area contributed by atoms with Crippen molar-refractivity contribution in [1.29, 1.82) is 0 Å². The van der Waals surface area contributed by atoms with E-state index in [4.69, 9.17) is 14.9 Å². The standard InChI is InChI=1S/C11H20O4/c1-3-5-9(7-12)10(8-13)11(14)15-6-4-2/h5,10,12-13H,3-4,6-8H2,1-2H3. The second-order valence-electron chi connectivity index (χ2n) is 3.25. The Kier molecular flexibility index (Phi) is 7.95. The average molecular weight is 216 g/mol. The molecule has 0 rings (SSSR count). The van der Waals surface area contributed by atoms with Gasteiger partial charge in [0, 0.05) is 0 Å². The number of esters is 1. The molecule has 1 atom stereocenters. The van der Waals surface area contributed by atoms with Gasteiger partial charge in [-0.3, -0.25) is 4.79 Å². The van der Waals surface area contributed by atoms with Gasteiger partial charge in [0.05, 0.1) is 19.8 Å². The largest absolute Gasteiger partial charge is 0.465 e. The molecule has 0 amide bonds. The van der Waals surface area contributed by atoms with Gasteiger partial charge in [-0.15, -0.1) is 0 Å². The molecule has 0 saturated heterocycles. The summed E-state index contributed by atoms with van der Waals surface area (Å²) in [6.07, 6.45) is 3.21. The number of rotatable bonds is 7. The van der Waals surface area contributed by atoms with Crippen LogP contribution in [0.1, 0.15) is 26.7 Å². The van der Waals surface area contributed by atoms with Crippen molar-refractivity contribution >= 4 is 5.97 Å². The van der Waals surface area contributed by atoms with E-state index in [2.05, 4.69) is 0 Å². The summed E-state index contributed by atoms with van der Waals surface area (Å²) in [6, 6.07) is 0. The van der Waals surface area contributed by atoms with Crippen molar-refractivity contribution in [2.75, 3.05) is 19.8 Å². The van der Waals surface area contributed by atoms with E-state index in [1.807, 2.05) is 13.8 Å². The normalized spacial score (nSPS) is 13.7. The van der Waals surface area contributed by atoms with Gasteiger partial charge in [-0.25, -0.2) is 0 Å². The number of carbonyl (C=O) groups is 1. The Morgan fingerprint density at radius 2 is 2.07 bits per heavy atom. The quantitative estimate of drug-likeness (QED) is 0.489. The van der Waals surface area contributed by atoms with Crippen molar-refractivity contribution in [2.24, 2.45) is 5.92 Å². The van der Waals surface area contributed by atoms with Crippen LogP contribution in [0.2, 0.25) is 0 Å². The lowest BCUT2D eigenvalue weighted by molar-refractivity contribution is -0.148. The Bertz CT molecular complexity index is 211. The predicted octanol–water partition coefficient (Wildman–Crippen LogP) is 0.877. The highest BCUT2D eigenvalue weighted by Crippen LogP contribution is 2.13. The number of hydrogen-bond donors (Lipinski definition) is 2. The maximum absolute atomic E-state index is 11.5. The molecule has 0 aromatic rings. The number of aliphatic hydroxyl groups is 2. The van der Waals surface area contributed by atoms with Crippen molar-refractivity contribution in [1.82, 2.24) is 0 Å². The zero-order chi connectivity index (χ0) is 11.7. The fourth-order valence-electron chi connectivity index (χ4n) is 1.23. The van der Waals surface area contributed by atoms with Crippen LogP contribution in [0.4, 0.5) is 0 Å². The van der Waals surface area contributed by atoms with Crippen LogP contribution in [0.15, 0.2) is 11.6 Å². The molecule has 0 saturated carbocycles. The molecule has 0 radical (unpaired) electrons. The van der Waals surface area contributed by atoms with Crippen LogP contribution in [0.25, 0.3) is 0 Å². The van der Waals surface area contributed by atoms with Gasteiger partial charge in [-0.1, -0.05) is 19.9 Å². The zero-order valence-corrected chi connectivity index (χ0v) is 9.40. The molecular formula is C11H20O4. The smallest absolute Gasteiger partial charge is 0.315 e. The zero-order valence-electron chi connectivity index (χ0n) is 9.40. The number of aliphatic hydroxyl groups excluding tert-OH is 2. The van der Waals surface area contributed by atoms with Crippen molar-refractivity contribution in [3.63, 3.8) is 0 Å². The van der Waals surface area contributed by atoms with E-state index in [0.717, 1.165) is 6.42 Å². The highest BCUT2D eigenvalue weighted by Gasteiger charge is 2.22. The lowest BCUT2D eigenvalue weighted by Crippen LogP contribution is -2.25. The second-order valence-corrected chi connectivity index (χ2v) is 3.25. The van der Waals surface area contributed by atoms with Gasteiger partial charge in [-0.05, 0) is 18.4 Å². The van der Waals surface area contributed by atoms with Crippen LogP contribution in [0, 0.1) is 5.92 Å². The Balaban J connectivity index is 4.44. The topological polar surface area (TPSA) is 66.8 Å². The molecule has 0 spiro atoms. The van der Waals surface area contributed by atoms with Gasteiger partial charge in [-0.2, -0.15) is 0 Å². The molecule has 0 aliphatic rings. The van der Waals surface area contributed by atoms with Crippen LogP contribution in [0.5, 0.6) is 0 Å². The summed E-state index contributed by atoms with van der Waals surface area (Å²) in [7, 11) is 0. The van der Waals surface area contributed by atoms with Crippen LogP contribution in [-0.2, 0) is 9.53 Å². The summed E-state index contributed by atoms with van der Waals surface area (Å²) >= 11 is 0. The molecule has 0 aromatic heterocycles. The highest BCUT2D eigenvalue weighted by molar-refractivity contribution is 5.76. The minimum atomic E-state index is -0.721. The molecule has 0 fully saturated rings. The van der Waals surface area contributed by atoms with E-state index in [1.54, 1.807) is 6.08 Å². The third-order valence-electron chi connectivity index (χ3n) is 2.01. The minimum absolute atomic E-state index is 0.222. The Morgan fingerprint density at radius 1 is 1.40 bits per heavy atom. The van der Waals surface area contributed by atoms with Gasteiger partial charge in [0.25, 0.3) is 0 Å². The lowest BCUT2D eigenvalue weighted by Gasteiger charge is -2.15. The predicted molar refractivity (Wildman–Crippen MR) is 57.3 cm³/mol.